The van der Waals surface area contributed by atoms with Crippen LogP contribution < -0.4 is 14.4 Å². The van der Waals surface area contributed by atoms with Gasteiger partial charge >= 0.3 is 0 Å². The van der Waals surface area contributed by atoms with Crippen molar-refractivity contribution in [3.8, 4) is 5.75 Å². The first-order valence-corrected chi connectivity index (χ1v) is 11.0. The van der Waals surface area contributed by atoms with E-state index in [0.29, 0.717) is 31.7 Å². The van der Waals surface area contributed by atoms with Crippen molar-refractivity contribution in [2.75, 3.05) is 49.2 Å². The second-order valence-electron chi connectivity index (χ2n) is 6.52. The van der Waals surface area contributed by atoms with Crippen molar-refractivity contribution >= 4 is 38.9 Å². The van der Waals surface area contributed by atoms with E-state index in [2.05, 4.69) is 9.62 Å². The van der Waals surface area contributed by atoms with Gasteiger partial charge in [0.25, 0.3) is 5.91 Å². The summed E-state index contributed by atoms with van der Waals surface area (Å²) in [6, 6.07) is 12.4. The van der Waals surface area contributed by atoms with Gasteiger partial charge in [-0.1, -0.05) is 23.7 Å². The molecule has 1 fully saturated rings. The second-order valence-corrected chi connectivity index (χ2v) is 8.68. The van der Waals surface area contributed by atoms with E-state index in [1.165, 1.54) is 12.1 Å². The number of carbonyl (C=O) groups is 1. The Balaban J connectivity index is 1.71. The van der Waals surface area contributed by atoms with Crippen molar-refractivity contribution in [2.24, 2.45) is 0 Å². The van der Waals surface area contributed by atoms with Gasteiger partial charge in [-0.25, -0.2) is 8.42 Å². The Labute approximate surface area is 169 Å². The number of piperazine rings is 1. The first-order chi connectivity index (χ1) is 13.3. The lowest BCUT2D eigenvalue weighted by Gasteiger charge is -2.36. The number of methoxy groups -OCH3 is 1. The largest absolute Gasteiger partial charge is 0.495 e. The molecular weight excluding hydrogens is 402 g/mol. The molecule has 150 valence electrons. The van der Waals surface area contributed by atoms with E-state index in [4.69, 9.17) is 16.3 Å². The van der Waals surface area contributed by atoms with Crippen LogP contribution in [0.3, 0.4) is 0 Å². The highest BCUT2D eigenvalue weighted by molar-refractivity contribution is 7.92. The van der Waals surface area contributed by atoms with Gasteiger partial charge in [-0.05, 0) is 30.3 Å². The average Bonchev–Trinajstić information content (AvgIpc) is 2.68. The monoisotopic (exact) mass is 423 g/mol. The number of carbonyl (C=O) groups excluding carboxylic acids is 1. The Morgan fingerprint density at radius 2 is 1.79 bits per heavy atom. The zero-order valence-electron chi connectivity index (χ0n) is 15.7. The summed E-state index contributed by atoms with van der Waals surface area (Å²) in [4.78, 5) is 16.8. The molecule has 0 radical (unpaired) electrons. The van der Waals surface area contributed by atoms with E-state index in [0.717, 1.165) is 17.7 Å². The predicted molar refractivity (Wildman–Crippen MR) is 111 cm³/mol. The van der Waals surface area contributed by atoms with Gasteiger partial charge in [0.05, 0.1) is 29.8 Å². The normalized spacial score (nSPS) is 14.7. The Hall–Kier alpha value is -2.45. The lowest BCUT2D eigenvalue weighted by atomic mass is 10.1. The highest BCUT2D eigenvalue weighted by Crippen LogP contribution is 2.29. The third-order valence-corrected chi connectivity index (χ3v) is 5.42. The molecule has 2 aromatic carbocycles. The van der Waals surface area contributed by atoms with Crippen LogP contribution in [0.15, 0.2) is 42.5 Å². The number of anilines is 2. The lowest BCUT2D eigenvalue weighted by Crippen LogP contribution is -2.48. The topological polar surface area (TPSA) is 79.0 Å². The number of hydrogen-bond donors (Lipinski definition) is 1. The van der Waals surface area contributed by atoms with Crippen LogP contribution >= 0.6 is 11.6 Å². The number of halogens is 1. The van der Waals surface area contributed by atoms with Gasteiger partial charge in [0, 0.05) is 31.7 Å². The van der Waals surface area contributed by atoms with Gasteiger partial charge in [0.15, 0.2) is 0 Å². The smallest absolute Gasteiger partial charge is 0.254 e. The molecule has 0 aromatic heterocycles. The molecule has 7 nitrogen and oxygen atoms in total. The first-order valence-electron chi connectivity index (χ1n) is 8.73. The summed E-state index contributed by atoms with van der Waals surface area (Å²) in [5.74, 6) is 0.643. The summed E-state index contributed by atoms with van der Waals surface area (Å²) in [6.07, 6.45) is 1.04. The second kappa shape index (κ2) is 8.28. The fourth-order valence-electron chi connectivity index (χ4n) is 3.16. The molecule has 28 heavy (non-hydrogen) atoms. The summed E-state index contributed by atoms with van der Waals surface area (Å²) in [7, 11) is -1.85. The fourth-order valence-corrected chi connectivity index (χ4v) is 3.95. The molecule has 1 aliphatic rings. The third-order valence-electron chi connectivity index (χ3n) is 4.50. The first kappa shape index (κ1) is 20.3. The van der Waals surface area contributed by atoms with Gasteiger partial charge in [-0.3, -0.25) is 9.52 Å². The molecule has 0 spiro atoms. The molecule has 3 rings (SSSR count). The Morgan fingerprint density at radius 3 is 2.43 bits per heavy atom. The Morgan fingerprint density at radius 1 is 1.11 bits per heavy atom. The van der Waals surface area contributed by atoms with E-state index in [1.807, 2.05) is 24.3 Å². The van der Waals surface area contributed by atoms with Crippen molar-refractivity contribution in [2.45, 2.75) is 0 Å². The van der Waals surface area contributed by atoms with Crippen molar-refractivity contribution in [1.82, 2.24) is 4.90 Å². The number of ether oxygens (including phenoxy) is 1. The number of hydrogen-bond acceptors (Lipinski definition) is 5. The molecule has 2 aromatic rings. The van der Waals surface area contributed by atoms with Crippen molar-refractivity contribution in [3.63, 3.8) is 0 Å². The highest BCUT2D eigenvalue weighted by Gasteiger charge is 2.24. The summed E-state index contributed by atoms with van der Waals surface area (Å²) in [6.45, 7) is 2.45. The third kappa shape index (κ3) is 4.69. The van der Waals surface area contributed by atoms with E-state index < -0.39 is 10.0 Å². The molecule has 1 aliphatic heterocycles. The van der Waals surface area contributed by atoms with Crippen LogP contribution in [0.5, 0.6) is 5.75 Å². The molecule has 1 saturated heterocycles. The predicted octanol–water partition coefficient (Wildman–Crippen LogP) is 2.68. The van der Waals surface area contributed by atoms with Crippen LogP contribution in [0, 0.1) is 0 Å². The SMILES string of the molecule is COc1ccccc1N1CCN(C(=O)c2ccc(Cl)c(NS(C)(=O)=O)c2)CC1. The summed E-state index contributed by atoms with van der Waals surface area (Å²) in [5.41, 5.74) is 1.59. The van der Waals surface area contributed by atoms with Gasteiger partial charge in [0.1, 0.15) is 5.75 Å². The number of amides is 1. The minimum Gasteiger partial charge on any atom is -0.495 e. The number of rotatable bonds is 5. The van der Waals surface area contributed by atoms with Gasteiger partial charge in [-0.2, -0.15) is 0 Å². The van der Waals surface area contributed by atoms with E-state index in [-0.39, 0.29) is 16.6 Å². The Kier molecular flexibility index (Phi) is 6.00. The van der Waals surface area contributed by atoms with Gasteiger partial charge in [-0.15, -0.1) is 0 Å². The van der Waals surface area contributed by atoms with Crippen LogP contribution in [-0.2, 0) is 10.0 Å². The average molecular weight is 424 g/mol. The number of sulfonamides is 1. The molecule has 0 bridgehead atoms. The van der Waals surface area contributed by atoms with Crippen LogP contribution in [0.4, 0.5) is 11.4 Å². The maximum atomic E-state index is 12.9. The number of benzene rings is 2. The van der Waals surface area contributed by atoms with E-state index in [9.17, 15) is 13.2 Å². The fraction of sp³-hybridized carbons (Fsp3) is 0.316. The summed E-state index contributed by atoms with van der Waals surface area (Å²) in [5, 5.41) is 0.239. The van der Waals surface area contributed by atoms with Gasteiger partial charge < -0.3 is 14.5 Å². The quantitative estimate of drug-likeness (QED) is 0.799. The van der Waals surface area contributed by atoms with Crippen LogP contribution in [0.2, 0.25) is 5.02 Å². The van der Waals surface area contributed by atoms with Crippen LogP contribution in [-0.4, -0.2) is 58.8 Å². The van der Waals surface area contributed by atoms with Crippen LogP contribution in [0.25, 0.3) is 0 Å². The Bertz CT molecular complexity index is 973. The van der Waals surface area contributed by atoms with E-state index in [1.54, 1.807) is 18.1 Å². The number of para-hydroxylation sites is 2. The highest BCUT2D eigenvalue weighted by atomic mass is 35.5. The van der Waals surface area contributed by atoms with Gasteiger partial charge in [0.2, 0.25) is 10.0 Å². The molecule has 0 saturated carbocycles. The molecule has 1 amide bonds. The maximum Gasteiger partial charge on any atom is 0.254 e. The molecule has 0 atom stereocenters. The maximum absolute atomic E-state index is 12.9. The van der Waals surface area contributed by atoms with Crippen molar-refractivity contribution in [1.29, 1.82) is 0 Å². The standard InChI is InChI=1S/C19H22ClN3O4S/c1-27-18-6-4-3-5-17(18)22-9-11-23(12-10-22)19(24)14-7-8-15(20)16(13-14)21-28(2,25)26/h3-8,13,21H,9-12H2,1-2H3. The zero-order chi connectivity index (χ0) is 20.3. The number of nitrogens with zero attached hydrogens (tertiary/aromatic N) is 2. The lowest BCUT2D eigenvalue weighted by molar-refractivity contribution is 0.0746. The molecular formula is C19H22ClN3O4S. The van der Waals surface area contributed by atoms with Crippen LogP contribution in [0.1, 0.15) is 10.4 Å². The number of nitrogens with one attached hydrogen (secondary N) is 1. The summed E-state index contributed by atoms with van der Waals surface area (Å²) < 4.78 is 30.7. The minimum absolute atomic E-state index is 0.159. The zero-order valence-corrected chi connectivity index (χ0v) is 17.3. The molecule has 1 heterocycles. The molecule has 0 aliphatic carbocycles. The van der Waals surface area contributed by atoms with Crippen molar-refractivity contribution in [3.05, 3.63) is 53.1 Å². The minimum atomic E-state index is -3.49. The van der Waals surface area contributed by atoms with Crippen molar-refractivity contribution < 1.29 is 17.9 Å². The molecule has 1 N–H and O–H groups in total. The molecule has 0 unspecified atom stereocenters. The van der Waals surface area contributed by atoms with E-state index >= 15 is 0 Å². The molecule has 9 heteroatoms. The summed E-state index contributed by atoms with van der Waals surface area (Å²) >= 11 is 6.04.